The van der Waals surface area contributed by atoms with Gasteiger partial charge in [-0.3, -0.25) is 0 Å². The summed E-state index contributed by atoms with van der Waals surface area (Å²) in [5, 5.41) is 0. The normalized spacial score (nSPS) is 19.4. The second kappa shape index (κ2) is 6.28. The summed E-state index contributed by atoms with van der Waals surface area (Å²) in [6, 6.07) is 8.63. The smallest absolute Gasteiger partial charge is 0.0815 e. The van der Waals surface area contributed by atoms with E-state index in [1.807, 2.05) is 6.92 Å². The van der Waals surface area contributed by atoms with Gasteiger partial charge in [-0.2, -0.15) is 0 Å². The first-order valence-corrected chi connectivity index (χ1v) is 7.91. The van der Waals surface area contributed by atoms with Crippen molar-refractivity contribution in [3.63, 3.8) is 0 Å². The number of nitrogens with two attached hydrogens (primary N) is 1. The highest BCUT2D eigenvalue weighted by Crippen LogP contribution is 2.41. The van der Waals surface area contributed by atoms with Crippen LogP contribution in [-0.4, -0.2) is 12.7 Å². The molecule has 0 heterocycles. The average Bonchev–Trinajstić information content (AvgIpc) is 2.32. The summed E-state index contributed by atoms with van der Waals surface area (Å²) < 4.78 is 5.98. The Morgan fingerprint density at radius 1 is 1.25 bits per heavy atom. The molecular formula is C18H29NO. The van der Waals surface area contributed by atoms with Crippen LogP contribution < -0.4 is 5.73 Å². The summed E-state index contributed by atoms with van der Waals surface area (Å²) in [7, 11) is 0. The predicted molar refractivity (Wildman–Crippen MR) is 84.8 cm³/mol. The summed E-state index contributed by atoms with van der Waals surface area (Å²) in [6.07, 6.45) is 4.01. The third-order valence-electron chi connectivity index (χ3n) is 4.43. The fourth-order valence-corrected chi connectivity index (χ4v) is 3.14. The molecule has 0 radical (unpaired) electrons. The molecule has 2 unspecified atom stereocenters. The van der Waals surface area contributed by atoms with Crippen LogP contribution in [0.1, 0.15) is 70.0 Å². The zero-order chi connectivity index (χ0) is 14.8. The van der Waals surface area contributed by atoms with Crippen LogP contribution in [0, 0.1) is 5.41 Å². The topological polar surface area (TPSA) is 35.2 Å². The number of benzene rings is 1. The molecule has 1 aromatic rings. The second-order valence-electron chi connectivity index (χ2n) is 7.02. The van der Waals surface area contributed by atoms with Gasteiger partial charge in [0.05, 0.1) is 12.1 Å². The van der Waals surface area contributed by atoms with Crippen LogP contribution in [0.25, 0.3) is 0 Å². The Kier molecular flexibility index (Phi) is 4.87. The molecule has 1 aliphatic rings. The maximum atomic E-state index is 6.60. The Balaban J connectivity index is 2.28. The van der Waals surface area contributed by atoms with Gasteiger partial charge in [-0.1, -0.05) is 51.5 Å². The summed E-state index contributed by atoms with van der Waals surface area (Å²) in [6.45, 7) is 9.38. The molecule has 1 fully saturated rings. The fraction of sp³-hybridized carbons (Fsp3) is 0.667. The third-order valence-corrected chi connectivity index (χ3v) is 4.43. The summed E-state index contributed by atoms with van der Waals surface area (Å²) in [4.78, 5) is 0. The molecule has 0 spiro atoms. The van der Waals surface area contributed by atoms with E-state index >= 15 is 0 Å². The van der Waals surface area contributed by atoms with Gasteiger partial charge in [-0.05, 0) is 42.2 Å². The Labute approximate surface area is 123 Å². The van der Waals surface area contributed by atoms with E-state index in [0.717, 1.165) is 0 Å². The SMILES string of the molecule is CCOC(C(N)c1ccccc1C1CCC1)C(C)(C)C. The van der Waals surface area contributed by atoms with Crippen molar-refractivity contribution in [2.24, 2.45) is 11.1 Å². The molecule has 2 N–H and O–H groups in total. The van der Waals surface area contributed by atoms with Gasteiger partial charge in [0, 0.05) is 6.61 Å². The van der Waals surface area contributed by atoms with E-state index < -0.39 is 0 Å². The molecule has 0 aromatic heterocycles. The zero-order valence-corrected chi connectivity index (χ0v) is 13.4. The van der Waals surface area contributed by atoms with Gasteiger partial charge < -0.3 is 10.5 Å². The van der Waals surface area contributed by atoms with E-state index in [1.54, 1.807) is 0 Å². The first kappa shape index (κ1) is 15.5. The number of hydrogen-bond donors (Lipinski definition) is 1. The highest BCUT2D eigenvalue weighted by Gasteiger charge is 2.34. The van der Waals surface area contributed by atoms with Crippen molar-refractivity contribution in [1.29, 1.82) is 0 Å². The highest BCUT2D eigenvalue weighted by atomic mass is 16.5. The van der Waals surface area contributed by atoms with Crippen molar-refractivity contribution >= 4 is 0 Å². The Morgan fingerprint density at radius 2 is 1.90 bits per heavy atom. The van der Waals surface area contributed by atoms with E-state index in [2.05, 4.69) is 45.0 Å². The third kappa shape index (κ3) is 3.24. The zero-order valence-electron chi connectivity index (χ0n) is 13.4. The summed E-state index contributed by atoms with van der Waals surface area (Å²) in [5.74, 6) is 0.708. The minimum Gasteiger partial charge on any atom is -0.376 e. The molecule has 2 heteroatoms. The quantitative estimate of drug-likeness (QED) is 0.864. The molecule has 0 bridgehead atoms. The molecule has 2 rings (SSSR count). The lowest BCUT2D eigenvalue weighted by atomic mass is 9.74. The lowest BCUT2D eigenvalue weighted by Gasteiger charge is -2.37. The number of hydrogen-bond acceptors (Lipinski definition) is 2. The van der Waals surface area contributed by atoms with Gasteiger partial charge in [-0.15, -0.1) is 0 Å². The largest absolute Gasteiger partial charge is 0.376 e. The van der Waals surface area contributed by atoms with Gasteiger partial charge in [0.15, 0.2) is 0 Å². The van der Waals surface area contributed by atoms with Crippen molar-refractivity contribution in [2.75, 3.05) is 6.61 Å². The van der Waals surface area contributed by atoms with Gasteiger partial charge in [-0.25, -0.2) is 0 Å². The molecule has 2 atom stereocenters. The minimum absolute atomic E-state index is 0.0438. The van der Waals surface area contributed by atoms with Crippen LogP contribution in [0.2, 0.25) is 0 Å². The van der Waals surface area contributed by atoms with Crippen LogP contribution in [0.4, 0.5) is 0 Å². The van der Waals surface area contributed by atoms with Crippen LogP contribution in [-0.2, 0) is 4.74 Å². The molecule has 2 nitrogen and oxygen atoms in total. The van der Waals surface area contributed by atoms with Crippen molar-refractivity contribution in [1.82, 2.24) is 0 Å². The number of rotatable bonds is 5. The Bertz CT molecular complexity index is 431. The van der Waals surface area contributed by atoms with E-state index in [9.17, 15) is 0 Å². The summed E-state index contributed by atoms with van der Waals surface area (Å²) in [5.41, 5.74) is 9.38. The molecule has 1 saturated carbocycles. The fourth-order valence-electron chi connectivity index (χ4n) is 3.14. The van der Waals surface area contributed by atoms with Gasteiger partial charge in [0.25, 0.3) is 0 Å². The Hall–Kier alpha value is -0.860. The average molecular weight is 275 g/mol. The minimum atomic E-state index is -0.0493. The van der Waals surface area contributed by atoms with Crippen LogP contribution in [0.3, 0.4) is 0 Å². The first-order chi connectivity index (χ1) is 9.45. The first-order valence-electron chi connectivity index (χ1n) is 7.91. The molecule has 112 valence electrons. The predicted octanol–water partition coefficient (Wildman–Crippen LogP) is 4.41. The maximum absolute atomic E-state index is 6.60. The van der Waals surface area contributed by atoms with E-state index in [1.165, 1.54) is 30.4 Å². The van der Waals surface area contributed by atoms with Gasteiger partial charge >= 0.3 is 0 Å². The van der Waals surface area contributed by atoms with Gasteiger partial charge in [0.1, 0.15) is 0 Å². The van der Waals surface area contributed by atoms with Crippen LogP contribution >= 0.6 is 0 Å². The van der Waals surface area contributed by atoms with Crippen LogP contribution in [0.15, 0.2) is 24.3 Å². The lowest BCUT2D eigenvalue weighted by molar-refractivity contribution is -0.0285. The maximum Gasteiger partial charge on any atom is 0.0815 e. The molecular weight excluding hydrogens is 246 g/mol. The molecule has 1 aliphatic carbocycles. The Morgan fingerprint density at radius 3 is 2.40 bits per heavy atom. The molecule has 0 saturated heterocycles. The van der Waals surface area contributed by atoms with Crippen molar-refractivity contribution < 1.29 is 4.74 Å². The second-order valence-corrected chi connectivity index (χ2v) is 7.02. The van der Waals surface area contributed by atoms with Crippen molar-refractivity contribution in [2.45, 2.75) is 65.0 Å². The molecule has 20 heavy (non-hydrogen) atoms. The monoisotopic (exact) mass is 275 g/mol. The van der Waals surface area contributed by atoms with Crippen LogP contribution in [0.5, 0.6) is 0 Å². The van der Waals surface area contributed by atoms with E-state index in [0.29, 0.717) is 12.5 Å². The van der Waals surface area contributed by atoms with Crippen molar-refractivity contribution in [3.05, 3.63) is 35.4 Å². The molecule has 0 aliphatic heterocycles. The lowest BCUT2D eigenvalue weighted by Crippen LogP contribution is -2.40. The highest BCUT2D eigenvalue weighted by molar-refractivity contribution is 5.35. The molecule has 0 amide bonds. The summed E-state index contributed by atoms with van der Waals surface area (Å²) >= 11 is 0. The number of ether oxygens (including phenoxy) is 1. The van der Waals surface area contributed by atoms with E-state index in [4.69, 9.17) is 10.5 Å². The van der Waals surface area contributed by atoms with E-state index in [-0.39, 0.29) is 17.6 Å². The van der Waals surface area contributed by atoms with Gasteiger partial charge in [0.2, 0.25) is 0 Å². The standard InChI is InChI=1S/C18H29NO/c1-5-20-17(18(2,3)4)16(19)15-12-7-6-11-14(15)13-9-8-10-13/h6-7,11-13,16-17H,5,8-10,19H2,1-4H3. The van der Waals surface area contributed by atoms with Crippen molar-refractivity contribution in [3.8, 4) is 0 Å². The molecule has 1 aromatic carbocycles.